The number of benzene rings is 2. The molecule has 5 nitrogen and oxygen atoms in total. The second-order valence-corrected chi connectivity index (χ2v) is 8.01. The fraction of sp³-hybridized carbons (Fsp3) is 0.174. The van der Waals surface area contributed by atoms with E-state index >= 15 is 0 Å². The molecule has 1 N–H and O–H groups in total. The molecule has 4 aromatic rings. The van der Waals surface area contributed by atoms with Crippen LogP contribution in [0.25, 0.3) is 11.0 Å². The van der Waals surface area contributed by atoms with Crippen LogP contribution in [0.3, 0.4) is 0 Å². The monoisotopic (exact) mass is 403 g/mol. The number of fused-ring (bicyclic) bond motifs is 1. The largest absolute Gasteiger partial charge is 0.467 e. The second-order valence-electron chi connectivity index (χ2n) is 6.68. The maximum absolute atomic E-state index is 12.6. The summed E-state index contributed by atoms with van der Waals surface area (Å²) in [7, 11) is 0. The van der Waals surface area contributed by atoms with Gasteiger partial charge in [0.05, 0.1) is 34.8 Å². The van der Waals surface area contributed by atoms with Crippen molar-refractivity contribution in [1.29, 1.82) is 0 Å². The van der Waals surface area contributed by atoms with E-state index in [1.807, 2.05) is 55.5 Å². The third-order valence-electron chi connectivity index (χ3n) is 4.49. The number of thioether (sulfide) groups is 1. The third-order valence-corrected chi connectivity index (χ3v) is 5.61. The first-order valence-corrected chi connectivity index (χ1v) is 10.3. The average molecular weight is 404 g/mol. The zero-order valence-corrected chi connectivity index (χ0v) is 16.9. The van der Waals surface area contributed by atoms with Crippen LogP contribution in [0.15, 0.2) is 82.4 Å². The number of para-hydroxylation sites is 2. The third kappa shape index (κ3) is 4.84. The van der Waals surface area contributed by atoms with Crippen molar-refractivity contribution in [2.24, 2.45) is 0 Å². The van der Waals surface area contributed by atoms with Gasteiger partial charge in [0.25, 0.3) is 0 Å². The first kappa shape index (κ1) is 19.2. The number of rotatable bonds is 7. The Kier molecular flexibility index (Phi) is 5.91. The molecular formula is C23H21N3O2S. The summed E-state index contributed by atoms with van der Waals surface area (Å²) in [5.41, 5.74) is 3.73. The predicted octanol–water partition coefficient (Wildman–Crippen LogP) is 4.61. The van der Waals surface area contributed by atoms with E-state index in [2.05, 4.69) is 17.4 Å². The van der Waals surface area contributed by atoms with Crippen LogP contribution in [0, 0.1) is 0 Å². The number of carbonyl (C=O) groups is 1. The molecule has 0 aliphatic heterocycles. The van der Waals surface area contributed by atoms with Gasteiger partial charge in [-0.15, -0.1) is 0 Å². The Morgan fingerprint density at radius 2 is 1.72 bits per heavy atom. The summed E-state index contributed by atoms with van der Waals surface area (Å²) in [5.74, 6) is 0.665. The molecule has 0 aliphatic carbocycles. The number of hydrogen-bond acceptors (Lipinski definition) is 5. The highest BCUT2D eigenvalue weighted by Crippen LogP contribution is 2.28. The van der Waals surface area contributed by atoms with Gasteiger partial charge < -0.3 is 9.73 Å². The van der Waals surface area contributed by atoms with Gasteiger partial charge in [0, 0.05) is 6.42 Å². The smallest absolute Gasteiger partial charge is 0.233 e. The van der Waals surface area contributed by atoms with Crippen LogP contribution < -0.4 is 5.32 Å². The molecule has 146 valence electrons. The molecule has 4 rings (SSSR count). The van der Waals surface area contributed by atoms with E-state index in [9.17, 15) is 4.79 Å². The molecular weight excluding hydrogens is 382 g/mol. The van der Waals surface area contributed by atoms with Crippen LogP contribution in [-0.2, 0) is 17.8 Å². The first-order chi connectivity index (χ1) is 14.2. The fourth-order valence-electron chi connectivity index (χ4n) is 2.97. The Bertz CT molecular complexity index is 1100. The molecule has 0 aliphatic rings. The summed E-state index contributed by atoms with van der Waals surface area (Å²) in [6.07, 6.45) is 2.27. The van der Waals surface area contributed by atoms with E-state index in [0.29, 0.717) is 13.0 Å². The molecule has 0 saturated heterocycles. The molecule has 6 heteroatoms. The van der Waals surface area contributed by atoms with Crippen LogP contribution in [0.2, 0.25) is 0 Å². The lowest BCUT2D eigenvalue weighted by atomic mass is 10.1. The van der Waals surface area contributed by atoms with Gasteiger partial charge in [0.15, 0.2) is 0 Å². The van der Waals surface area contributed by atoms with Crippen LogP contribution in [0.4, 0.5) is 0 Å². The van der Waals surface area contributed by atoms with Crippen molar-refractivity contribution >= 4 is 28.7 Å². The molecule has 0 fully saturated rings. The highest BCUT2D eigenvalue weighted by atomic mass is 32.2. The van der Waals surface area contributed by atoms with Gasteiger partial charge in [0.1, 0.15) is 10.8 Å². The Balaban J connectivity index is 1.55. The minimum absolute atomic E-state index is 0.0629. The zero-order chi connectivity index (χ0) is 20.1. The summed E-state index contributed by atoms with van der Waals surface area (Å²) in [5, 5.41) is 3.38. The molecule has 29 heavy (non-hydrogen) atoms. The Labute approximate surface area is 173 Å². The lowest BCUT2D eigenvalue weighted by Gasteiger charge is -2.14. The number of aromatic nitrogens is 2. The van der Waals surface area contributed by atoms with Gasteiger partial charge in [-0.1, -0.05) is 54.2 Å². The maximum Gasteiger partial charge on any atom is 0.233 e. The van der Waals surface area contributed by atoms with Gasteiger partial charge in [-0.05, 0) is 36.8 Å². The van der Waals surface area contributed by atoms with Crippen LogP contribution in [0.1, 0.15) is 23.9 Å². The number of carbonyl (C=O) groups excluding carboxylic acids is 1. The van der Waals surface area contributed by atoms with Gasteiger partial charge in [0.2, 0.25) is 5.91 Å². The molecule has 2 aromatic carbocycles. The molecule has 0 bridgehead atoms. The number of nitrogens with one attached hydrogen (secondary N) is 1. The molecule has 1 atom stereocenters. The molecule has 0 radical (unpaired) electrons. The molecule has 0 unspecified atom stereocenters. The minimum atomic E-state index is -0.310. The molecule has 0 spiro atoms. The molecule has 1 amide bonds. The van der Waals surface area contributed by atoms with Crippen molar-refractivity contribution in [3.63, 3.8) is 0 Å². The molecule has 2 heterocycles. The normalized spacial score (nSPS) is 12.0. The summed E-state index contributed by atoms with van der Waals surface area (Å²) in [6, 6.07) is 21.6. The fourth-order valence-corrected chi connectivity index (χ4v) is 3.90. The average Bonchev–Trinajstić information content (AvgIpc) is 3.27. The first-order valence-electron chi connectivity index (χ1n) is 9.45. The van der Waals surface area contributed by atoms with E-state index in [0.717, 1.165) is 33.1 Å². The van der Waals surface area contributed by atoms with Gasteiger partial charge >= 0.3 is 0 Å². The van der Waals surface area contributed by atoms with E-state index in [1.54, 1.807) is 12.3 Å². The maximum atomic E-state index is 12.6. The van der Waals surface area contributed by atoms with Crippen LogP contribution in [0.5, 0.6) is 0 Å². The Morgan fingerprint density at radius 1 is 1.00 bits per heavy atom. The van der Waals surface area contributed by atoms with E-state index in [-0.39, 0.29) is 11.2 Å². The van der Waals surface area contributed by atoms with Crippen molar-refractivity contribution in [3.8, 4) is 0 Å². The summed E-state index contributed by atoms with van der Waals surface area (Å²) in [6.45, 7) is 2.25. The van der Waals surface area contributed by atoms with Gasteiger partial charge in [-0.3, -0.25) is 4.79 Å². The van der Waals surface area contributed by atoms with Crippen molar-refractivity contribution in [1.82, 2.24) is 15.3 Å². The summed E-state index contributed by atoms with van der Waals surface area (Å²) >= 11 is 1.43. The van der Waals surface area contributed by atoms with Crippen LogP contribution in [-0.4, -0.2) is 21.1 Å². The Morgan fingerprint density at radius 3 is 2.45 bits per heavy atom. The van der Waals surface area contributed by atoms with Crippen LogP contribution >= 0.6 is 11.8 Å². The number of hydrogen-bond donors (Lipinski definition) is 1. The SMILES string of the molecule is C[C@@H](Sc1nc2ccccc2nc1Cc1ccccc1)C(=O)NCc1ccco1. The lowest BCUT2D eigenvalue weighted by molar-refractivity contribution is -0.120. The topological polar surface area (TPSA) is 68.0 Å². The second kappa shape index (κ2) is 8.92. The molecule has 0 saturated carbocycles. The van der Waals surface area contributed by atoms with E-state index < -0.39 is 0 Å². The number of nitrogens with zero attached hydrogens (tertiary/aromatic N) is 2. The highest BCUT2D eigenvalue weighted by Gasteiger charge is 2.19. The summed E-state index contributed by atoms with van der Waals surface area (Å²) < 4.78 is 5.27. The van der Waals surface area contributed by atoms with Gasteiger partial charge in [-0.25, -0.2) is 9.97 Å². The van der Waals surface area contributed by atoms with Gasteiger partial charge in [-0.2, -0.15) is 0 Å². The van der Waals surface area contributed by atoms with Crippen molar-refractivity contribution < 1.29 is 9.21 Å². The zero-order valence-electron chi connectivity index (χ0n) is 16.0. The molecule has 2 aromatic heterocycles. The minimum Gasteiger partial charge on any atom is -0.467 e. The van der Waals surface area contributed by atoms with Crippen molar-refractivity contribution in [2.45, 2.75) is 30.2 Å². The number of amides is 1. The quantitative estimate of drug-likeness (QED) is 0.456. The van der Waals surface area contributed by atoms with E-state index in [1.165, 1.54) is 11.8 Å². The summed E-state index contributed by atoms with van der Waals surface area (Å²) in [4.78, 5) is 22.2. The standard InChI is InChI=1S/C23H21N3O2S/c1-16(22(27)24-15-18-10-7-13-28-18)29-23-21(14-17-8-3-2-4-9-17)25-19-11-5-6-12-20(19)26-23/h2-13,16H,14-15H2,1H3,(H,24,27)/t16-/m1/s1. The number of furan rings is 1. The van der Waals surface area contributed by atoms with E-state index in [4.69, 9.17) is 14.4 Å². The highest BCUT2D eigenvalue weighted by molar-refractivity contribution is 8.00. The van der Waals surface area contributed by atoms with Crippen molar-refractivity contribution in [3.05, 3.63) is 90.0 Å². The van der Waals surface area contributed by atoms with Crippen molar-refractivity contribution in [2.75, 3.05) is 0 Å². The predicted molar refractivity (Wildman–Crippen MR) is 115 cm³/mol. The lowest BCUT2D eigenvalue weighted by Crippen LogP contribution is -2.30. The Hall–Kier alpha value is -3.12.